The van der Waals surface area contributed by atoms with Crippen molar-refractivity contribution in [2.45, 2.75) is 13.3 Å². The van der Waals surface area contributed by atoms with E-state index in [4.69, 9.17) is 0 Å². The summed E-state index contributed by atoms with van der Waals surface area (Å²) in [4.78, 5) is 21.6. The third-order valence-corrected chi connectivity index (χ3v) is 1.75. The van der Waals surface area contributed by atoms with E-state index in [9.17, 15) is 9.59 Å². The van der Waals surface area contributed by atoms with Crippen molar-refractivity contribution in [3.8, 4) is 0 Å². The molecule has 3 heteroatoms. The highest BCUT2D eigenvalue weighted by Crippen LogP contribution is 2.27. The van der Waals surface area contributed by atoms with Gasteiger partial charge in [-0.05, 0) is 6.92 Å². The van der Waals surface area contributed by atoms with E-state index in [2.05, 4.69) is 11.9 Å². The predicted molar refractivity (Wildman–Crippen MR) is 36.1 cm³/mol. The first-order valence-corrected chi connectivity index (χ1v) is 3.06. The van der Waals surface area contributed by atoms with Crippen LogP contribution >= 0.6 is 0 Å². The molecule has 1 rings (SSSR count). The van der Waals surface area contributed by atoms with E-state index in [1.165, 1.54) is 6.08 Å². The Kier molecular flexibility index (Phi) is 1.35. The van der Waals surface area contributed by atoms with Crippen molar-refractivity contribution in [1.82, 2.24) is 5.32 Å². The van der Waals surface area contributed by atoms with Crippen molar-refractivity contribution in [3.05, 3.63) is 12.7 Å². The quantitative estimate of drug-likeness (QED) is 0.417. The molecular formula is C7H9NO2. The lowest BCUT2D eigenvalue weighted by Gasteiger charge is -2.11. The normalized spacial score (nSPS) is 32.1. The molecule has 0 aromatic carbocycles. The van der Waals surface area contributed by atoms with Gasteiger partial charge in [-0.3, -0.25) is 14.9 Å². The van der Waals surface area contributed by atoms with Gasteiger partial charge in [0.1, 0.15) is 0 Å². The van der Waals surface area contributed by atoms with Gasteiger partial charge >= 0.3 is 0 Å². The van der Waals surface area contributed by atoms with Gasteiger partial charge in [-0.1, -0.05) is 6.08 Å². The van der Waals surface area contributed by atoms with Gasteiger partial charge < -0.3 is 0 Å². The van der Waals surface area contributed by atoms with Crippen molar-refractivity contribution < 1.29 is 9.59 Å². The van der Waals surface area contributed by atoms with Gasteiger partial charge in [-0.2, -0.15) is 0 Å². The maximum Gasteiger partial charge on any atom is 0.236 e. The summed E-state index contributed by atoms with van der Waals surface area (Å²) in [5.74, 6) is -0.458. The first-order valence-electron chi connectivity index (χ1n) is 3.06. The van der Waals surface area contributed by atoms with Crippen molar-refractivity contribution >= 4 is 11.8 Å². The van der Waals surface area contributed by atoms with Gasteiger partial charge in [0.25, 0.3) is 0 Å². The van der Waals surface area contributed by atoms with E-state index < -0.39 is 5.41 Å². The Morgan fingerprint density at radius 2 is 2.30 bits per heavy atom. The first-order chi connectivity index (χ1) is 4.58. The molecule has 0 saturated carbocycles. The third-order valence-electron chi connectivity index (χ3n) is 1.75. The Labute approximate surface area is 59.1 Å². The highest BCUT2D eigenvalue weighted by atomic mass is 16.2. The monoisotopic (exact) mass is 139 g/mol. The fourth-order valence-corrected chi connectivity index (χ4v) is 0.892. The summed E-state index contributed by atoms with van der Waals surface area (Å²) in [6, 6.07) is 0. The van der Waals surface area contributed by atoms with Crippen LogP contribution in [0.15, 0.2) is 12.7 Å². The molecule has 0 aromatic rings. The Hall–Kier alpha value is -1.12. The number of rotatable bonds is 1. The largest absolute Gasteiger partial charge is 0.296 e. The van der Waals surface area contributed by atoms with Gasteiger partial charge in [0.05, 0.1) is 5.41 Å². The first kappa shape index (κ1) is 6.99. The van der Waals surface area contributed by atoms with Crippen molar-refractivity contribution in [1.29, 1.82) is 0 Å². The lowest BCUT2D eigenvalue weighted by molar-refractivity contribution is -0.126. The topological polar surface area (TPSA) is 46.2 Å². The van der Waals surface area contributed by atoms with Gasteiger partial charge in [-0.15, -0.1) is 6.58 Å². The van der Waals surface area contributed by atoms with Crippen LogP contribution in [0, 0.1) is 5.41 Å². The van der Waals surface area contributed by atoms with Crippen molar-refractivity contribution in [2.24, 2.45) is 5.41 Å². The number of hydrogen-bond donors (Lipinski definition) is 1. The zero-order valence-corrected chi connectivity index (χ0v) is 5.81. The van der Waals surface area contributed by atoms with Gasteiger partial charge in [0.2, 0.25) is 11.8 Å². The smallest absolute Gasteiger partial charge is 0.236 e. The molecule has 1 saturated heterocycles. The molecule has 10 heavy (non-hydrogen) atoms. The van der Waals surface area contributed by atoms with Crippen LogP contribution in [0.4, 0.5) is 0 Å². The average Bonchev–Trinajstić information content (AvgIpc) is 2.09. The molecule has 1 unspecified atom stereocenters. The standard InChI is InChI=1S/C7H9NO2/c1-3-7(2)4-5(9)8-6(7)10/h3H,1,4H2,2H3,(H,8,9,10). The van der Waals surface area contributed by atoms with Gasteiger partial charge in [0.15, 0.2) is 0 Å². The number of carbonyl (C=O) groups is 2. The van der Waals surface area contributed by atoms with Crippen LogP contribution < -0.4 is 5.32 Å². The number of hydrogen-bond acceptors (Lipinski definition) is 2. The van der Waals surface area contributed by atoms with Crippen molar-refractivity contribution in [3.63, 3.8) is 0 Å². The lowest BCUT2D eigenvalue weighted by Crippen LogP contribution is -2.27. The molecule has 3 nitrogen and oxygen atoms in total. The summed E-state index contributed by atoms with van der Waals surface area (Å²) >= 11 is 0. The number of imide groups is 1. The number of amides is 2. The van der Waals surface area contributed by atoms with Crippen LogP contribution in [0.25, 0.3) is 0 Å². The zero-order chi connectivity index (χ0) is 7.78. The molecule has 1 heterocycles. The van der Waals surface area contributed by atoms with E-state index in [1.54, 1.807) is 6.92 Å². The summed E-state index contributed by atoms with van der Waals surface area (Å²) in [6.45, 7) is 5.18. The molecule has 2 amide bonds. The van der Waals surface area contributed by atoms with E-state index in [0.717, 1.165) is 0 Å². The Bertz CT molecular complexity index is 210. The SMILES string of the molecule is C=CC1(C)CC(=O)NC1=O. The molecule has 0 aromatic heterocycles. The fraction of sp³-hybridized carbons (Fsp3) is 0.429. The van der Waals surface area contributed by atoms with Gasteiger partial charge in [-0.25, -0.2) is 0 Å². The van der Waals surface area contributed by atoms with Crippen LogP contribution in [0.1, 0.15) is 13.3 Å². The second-order valence-electron chi connectivity index (χ2n) is 2.68. The highest BCUT2D eigenvalue weighted by Gasteiger charge is 2.39. The zero-order valence-electron chi connectivity index (χ0n) is 5.81. The second-order valence-corrected chi connectivity index (χ2v) is 2.68. The summed E-state index contributed by atoms with van der Waals surface area (Å²) < 4.78 is 0. The molecule has 0 bridgehead atoms. The second kappa shape index (κ2) is 1.94. The molecule has 1 aliphatic heterocycles. The van der Waals surface area contributed by atoms with E-state index in [0.29, 0.717) is 0 Å². The summed E-state index contributed by atoms with van der Waals surface area (Å²) in [5, 5.41) is 2.21. The highest BCUT2D eigenvalue weighted by molar-refractivity contribution is 6.06. The van der Waals surface area contributed by atoms with Crippen LogP contribution in [-0.2, 0) is 9.59 Å². The predicted octanol–water partition coefficient (Wildman–Crippen LogP) is 0.225. The summed E-state index contributed by atoms with van der Waals surface area (Å²) in [7, 11) is 0. The minimum atomic E-state index is -0.670. The molecule has 1 atom stereocenters. The molecule has 0 aliphatic carbocycles. The molecular weight excluding hydrogens is 130 g/mol. The minimum absolute atomic E-state index is 0.215. The van der Waals surface area contributed by atoms with Crippen molar-refractivity contribution in [2.75, 3.05) is 0 Å². The molecule has 1 N–H and O–H groups in total. The molecule has 0 radical (unpaired) electrons. The number of nitrogens with one attached hydrogen (secondary N) is 1. The average molecular weight is 139 g/mol. The maximum atomic E-state index is 10.9. The van der Waals surface area contributed by atoms with Crippen LogP contribution in [0.2, 0.25) is 0 Å². The van der Waals surface area contributed by atoms with E-state index >= 15 is 0 Å². The summed E-state index contributed by atoms with van der Waals surface area (Å²) in [5.41, 5.74) is -0.670. The minimum Gasteiger partial charge on any atom is -0.296 e. The maximum absolute atomic E-state index is 10.9. The van der Waals surface area contributed by atoms with E-state index in [-0.39, 0.29) is 18.2 Å². The third kappa shape index (κ3) is 0.835. The Morgan fingerprint density at radius 3 is 2.50 bits per heavy atom. The Morgan fingerprint density at radius 1 is 1.70 bits per heavy atom. The number of carbonyl (C=O) groups excluding carboxylic acids is 2. The van der Waals surface area contributed by atoms with E-state index in [1.807, 2.05) is 0 Å². The molecule has 1 aliphatic rings. The fourth-order valence-electron chi connectivity index (χ4n) is 0.892. The summed E-state index contributed by atoms with van der Waals surface area (Å²) in [6.07, 6.45) is 1.74. The molecule has 54 valence electrons. The lowest BCUT2D eigenvalue weighted by atomic mass is 9.89. The Balaban J connectivity index is 2.90. The van der Waals surface area contributed by atoms with Gasteiger partial charge in [0, 0.05) is 6.42 Å². The molecule has 0 spiro atoms. The van der Waals surface area contributed by atoms with Crippen LogP contribution in [0.5, 0.6) is 0 Å². The molecule has 1 fully saturated rings. The van der Waals surface area contributed by atoms with Crippen LogP contribution in [0.3, 0.4) is 0 Å². The van der Waals surface area contributed by atoms with Crippen LogP contribution in [-0.4, -0.2) is 11.8 Å².